The van der Waals surface area contributed by atoms with E-state index in [0.717, 1.165) is 5.39 Å². The molecule has 0 atom stereocenters. The predicted octanol–water partition coefficient (Wildman–Crippen LogP) is 4.72. The third kappa shape index (κ3) is 4.00. The van der Waals surface area contributed by atoms with Crippen LogP contribution in [0.25, 0.3) is 11.0 Å². The fourth-order valence-corrected chi connectivity index (χ4v) is 2.92. The lowest BCUT2D eigenvalue weighted by Gasteiger charge is -2.08. The number of phenols is 1. The molecule has 0 aliphatic carbocycles. The number of nitrogens with one attached hydrogen (secondary N) is 1. The van der Waals surface area contributed by atoms with E-state index in [4.69, 9.17) is 20.8 Å². The molecule has 2 N–H and O–H groups in total. The van der Waals surface area contributed by atoms with Crippen molar-refractivity contribution in [3.8, 4) is 11.5 Å². The lowest BCUT2D eigenvalue weighted by molar-refractivity contribution is 0.0929. The maximum absolute atomic E-state index is 12.2. The molecule has 0 aliphatic rings. The van der Waals surface area contributed by atoms with Crippen LogP contribution in [0.5, 0.6) is 11.5 Å². The molecule has 0 unspecified atom stereocenters. The molecule has 0 radical (unpaired) electrons. The number of hydrogen-bond acceptors (Lipinski definition) is 5. The molecule has 8 heteroatoms. The number of carbonyl (C=O) groups excluding carboxylic acids is 1. The summed E-state index contributed by atoms with van der Waals surface area (Å²) in [5.74, 6) is -0.0319. The van der Waals surface area contributed by atoms with Crippen molar-refractivity contribution in [1.29, 1.82) is 0 Å². The molecule has 2 aromatic carbocycles. The van der Waals surface area contributed by atoms with E-state index < -0.39 is 5.91 Å². The topological polar surface area (TPSA) is 84.1 Å². The van der Waals surface area contributed by atoms with Gasteiger partial charge in [-0.05, 0) is 64.8 Å². The van der Waals surface area contributed by atoms with Crippen LogP contribution >= 0.6 is 27.5 Å². The van der Waals surface area contributed by atoms with Crippen molar-refractivity contribution in [2.75, 3.05) is 6.61 Å². The first-order valence-corrected chi connectivity index (χ1v) is 8.83. The minimum Gasteiger partial charge on any atom is -0.503 e. The SMILES string of the molecule is CCOc1cc(/C=N/NC(=O)c2cc3cc(Cl)ccc3o2)cc(Br)c1O. The summed E-state index contributed by atoms with van der Waals surface area (Å²) in [5, 5.41) is 15.1. The van der Waals surface area contributed by atoms with Gasteiger partial charge in [0.2, 0.25) is 0 Å². The second kappa shape index (κ2) is 7.80. The van der Waals surface area contributed by atoms with Gasteiger partial charge >= 0.3 is 5.91 Å². The minimum atomic E-state index is -0.489. The number of fused-ring (bicyclic) bond motifs is 1. The van der Waals surface area contributed by atoms with Crippen LogP contribution in [0.4, 0.5) is 0 Å². The molecule has 1 aromatic heterocycles. The number of phenolic OH excluding ortho intramolecular Hbond substituents is 1. The van der Waals surface area contributed by atoms with Gasteiger partial charge in [0, 0.05) is 10.4 Å². The molecule has 134 valence electrons. The van der Waals surface area contributed by atoms with Gasteiger partial charge in [-0.15, -0.1) is 0 Å². The van der Waals surface area contributed by atoms with E-state index >= 15 is 0 Å². The van der Waals surface area contributed by atoms with E-state index in [1.807, 2.05) is 6.92 Å². The molecule has 26 heavy (non-hydrogen) atoms. The third-order valence-corrected chi connectivity index (χ3v) is 4.27. The number of nitrogens with zero attached hydrogens (tertiary/aromatic N) is 1. The first-order chi connectivity index (χ1) is 12.5. The molecule has 0 saturated carbocycles. The minimum absolute atomic E-state index is 0.00831. The summed E-state index contributed by atoms with van der Waals surface area (Å²) < 4.78 is 11.3. The van der Waals surface area contributed by atoms with Gasteiger partial charge < -0.3 is 14.3 Å². The lowest BCUT2D eigenvalue weighted by atomic mass is 10.2. The summed E-state index contributed by atoms with van der Waals surface area (Å²) >= 11 is 9.17. The van der Waals surface area contributed by atoms with Crippen molar-refractivity contribution in [2.45, 2.75) is 6.92 Å². The van der Waals surface area contributed by atoms with Crippen LogP contribution in [0.3, 0.4) is 0 Å². The maximum Gasteiger partial charge on any atom is 0.307 e. The number of rotatable bonds is 5. The highest BCUT2D eigenvalue weighted by atomic mass is 79.9. The normalized spacial score (nSPS) is 11.2. The summed E-state index contributed by atoms with van der Waals surface area (Å²) in [4.78, 5) is 12.2. The average molecular weight is 438 g/mol. The lowest BCUT2D eigenvalue weighted by Crippen LogP contribution is -2.16. The Morgan fingerprint density at radius 1 is 1.38 bits per heavy atom. The molecule has 0 spiro atoms. The Labute approximate surface area is 162 Å². The summed E-state index contributed by atoms with van der Waals surface area (Å²) in [6, 6.07) is 9.95. The Morgan fingerprint density at radius 2 is 2.19 bits per heavy atom. The van der Waals surface area contributed by atoms with Crippen LogP contribution in [-0.2, 0) is 0 Å². The summed E-state index contributed by atoms with van der Waals surface area (Å²) in [7, 11) is 0. The van der Waals surface area contributed by atoms with E-state index in [0.29, 0.717) is 33.0 Å². The van der Waals surface area contributed by atoms with E-state index in [-0.39, 0.29) is 11.5 Å². The number of furan rings is 1. The van der Waals surface area contributed by atoms with Gasteiger partial charge in [0.05, 0.1) is 17.3 Å². The van der Waals surface area contributed by atoms with Gasteiger partial charge in [0.1, 0.15) is 5.58 Å². The van der Waals surface area contributed by atoms with Crippen molar-refractivity contribution < 1.29 is 19.1 Å². The van der Waals surface area contributed by atoms with Crippen LogP contribution in [0, 0.1) is 0 Å². The van der Waals surface area contributed by atoms with Crippen LogP contribution in [-0.4, -0.2) is 23.8 Å². The molecule has 6 nitrogen and oxygen atoms in total. The van der Waals surface area contributed by atoms with Crippen molar-refractivity contribution in [3.63, 3.8) is 0 Å². The van der Waals surface area contributed by atoms with Crippen molar-refractivity contribution in [2.24, 2.45) is 5.10 Å². The van der Waals surface area contributed by atoms with Crippen molar-refractivity contribution in [1.82, 2.24) is 5.43 Å². The predicted molar refractivity (Wildman–Crippen MR) is 103 cm³/mol. The number of benzene rings is 2. The second-order valence-electron chi connectivity index (χ2n) is 5.27. The quantitative estimate of drug-likeness (QED) is 0.447. The monoisotopic (exact) mass is 436 g/mol. The molecule has 1 heterocycles. The van der Waals surface area contributed by atoms with E-state index in [2.05, 4.69) is 26.5 Å². The molecular weight excluding hydrogens is 424 g/mol. The first-order valence-electron chi connectivity index (χ1n) is 7.65. The number of aromatic hydroxyl groups is 1. The molecule has 1 amide bonds. The Hall–Kier alpha value is -2.51. The first kappa shape index (κ1) is 18.3. The molecule has 0 saturated heterocycles. The number of amides is 1. The summed E-state index contributed by atoms with van der Waals surface area (Å²) in [5.41, 5.74) is 3.59. The summed E-state index contributed by atoms with van der Waals surface area (Å²) in [6.45, 7) is 2.22. The molecule has 0 aliphatic heterocycles. The molecule has 3 rings (SSSR count). The van der Waals surface area contributed by atoms with Crippen molar-refractivity contribution >= 4 is 50.6 Å². The van der Waals surface area contributed by atoms with Gasteiger partial charge in [0.15, 0.2) is 17.3 Å². The molecular formula is C18H14BrClN2O4. The smallest absolute Gasteiger partial charge is 0.307 e. The van der Waals surface area contributed by atoms with Crippen LogP contribution in [0.1, 0.15) is 23.0 Å². The Bertz CT molecular complexity index is 1000. The largest absolute Gasteiger partial charge is 0.503 e. The van der Waals surface area contributed by atoms with Gasteiger partial charge in [-0.2, -0.15) is 5.10 Å². The van der Waals surface area contributed by atoms with Gasteiger partial charge in [-0.1, -0.05) is 11.6 Å². The highest BCUT2D eigenvalue weighted by Crippen LogP contribution is 2.35. The fourth-order valence-electron chi connectivity index (χ4n) is 2.28. The fraction of sp³-hybridized carbons (Fsp3) is 0.111. The van der Waals surface area contributed by atoms with Gasteiger partial charge in [0.25, 0.3) is 0 Å². The number of carbonyl (C=O) groups is 1. The third-order valence-electron chi connectivity index (χ3n) is 3.43. The zero-order valence-electron chi connectivity index (χ0n) is 13.6. The van der Waals surface area contributed by atoms with Crippen LogP contribution in [0.15, 0.2) is 50.4 Å². The molecule has 0 fully saturated rings. The Balaban J connectivity index is 1.74. The van der Waals surface area contributed by atoms with Gasteiger partial charge in [-0.25, -0.2) is 5.43 Å². The van der Waals surface area contributed by atoms with E-state index in [9.17, 15) is 9.90 Å². The number of hydrogen-bond donors (Lipinski definition) is 2. The highest BCUT2D eigenvalue weighted by molar-refractivity contribution is 9.10. The zero-order chi connectivity index (χ0) is 18.7. The second-order valence-corrected chi connectivity index (χ2v) is 6.57. The van der Waals surface area contributed by atoms with E-state index in [1.165, 1.54) is 6.21 Å². The molecule has 3 aromatic rings. The molecule has 0 bridgehead atoms. The van der Waals surface area contributed by atoms with E-state index in [1.54, 1.807) is 36.4 Å². The highest BCUT2D eigenvalue weighted by Gasteiger charge is 2.12. The number of hydrazone groups is 1. The summed E-state index contributed by atoms with van der Waals surface area (Å²) in [6.07, 6.45) is 1.43. The zero-order valence-corrected chi connectivity index (χ0v) is 16.0. The van der Waals surface area contributed by atoms with Crippen molar-refractivity contribution in [3.05, 3.63) is 57.2 Å². The number of halogens is 2. The Morgan fingerprint density at radius 3 is 2.96 bits per heavy atom. The standard InChI is InChI=1S/C18H14BrClN2O4/c1-2-25-15-6-10(5-13(19)17(15)23)9-21-22-18(24)16-8-11-7-12(20)3-4-14(11)26-16/h3-9,23H,2H2,1H3,(H,22,24)/b21-9+. The van der Waals surface area contributed by atoms with Gasteiger partial charge in [-0.3, -0.25) is 4.79 Å². The maximum atomic E-state index is 12.2. The Kier molecular flexibility index (Phi) is 5.49. The number of ether oxygens (including phenoxy) is 1. The average Bonchev–Trinajstić information content (AvgIpc) is 3.02. The van der Waals surface area contributed by atoms with Crippen LogP contribution < -0.4 is 10.2 Å². The van der Waals surface area contributed by atoms with Crippen LogP contribution in [0.2, 0.25) is 5.02 Å².